The molecule has 1 unspecified atom stereocenters. The fourth-order valence-corrected chi connectivity index (χ4v) is 4.62. The van der Waals surface area contributed by atoms with Crippen LogP contribution in [0.2, 0.25) is 0 Å². The molecule has 0 saturated carbocycles. The van der Waals surface area contributed by atoms with Crippen LogP contribution in [-0.4, -0.2) is 35.5 Å². The van der Waals surface area contributed by atoms with E-state index < -0.39 is 36.9 Å². The number of hydrogen-bond donors (Lipinski definition) is 1. The lowest BCUT2D eigenvalue weighted by Crippen LogP contribution is -2.46. The SMILES string of the molecule is CC(C)(C)OC(=O)NC(CCP(=O)(OCc1ccccc1)OCc1ccccc1)C(=O)OC(C)(C)C. The summed E-state index contributed by atoms with van der Waals surface area (Å²) in [5.74, 6) is -0.661. The van der Waals surface area contributed by atoms with Crippen molar-refractivity contribution in [3.63, 3.8) is 0 Å². The number of benzene rings is 2. The number of carbonyl (C=O) groups excluding carboxylic acids is 2. The Morgan fingerprint density at radius 2 is 1.22 bits per heavy atom. The molecule has 0 radical (unpaired) electrons. The Hall–Kier alpha value is -2.67. The molecule has 9 heteroatoms. The smallest absolute Gasteiger partial charge is 0.408 e. The van der Waals surface area contributed by atoms with Gasteiger partial charge in [0.2, 0.25) is 0 Å². The zero-order chi connectivity index (χ0) is 26.8. The van der Waals surface area contributed by atoms with Crippen molar-refractivity contribution in [2.45, 2.75) is 78.4 Å². The standard InChI is InChI=1S/C27H38NO7P/c1-26(2,3)34-24(29)23(28-25(30)35-27(4,5)6)17-18-36(31,32-19-21-13-9-7-10-14-21)33-20-22-15-11-8-12-16-22/h7-16,23H,17-20H2,1-6H3,(H,28,30). The molecule has 1 atom stereocenters. The lowest BCUT2D eigenvalue weighted by molar-refractivity contribution is -0.157. The molecule has 0 aromatic heterocycles. The Labute approximate surface area is 214 Å². The zero-order valence-electron chi connectivity index (χ0n) is 22.0. The Balaban J connectivity index is 2.17. The van der Waals surface area contributed by atoms with Crippen LogP contribution in [0.4, 0.5) is 4.79 Å². The first-order valence-electron chi connectivity index (χ1n) is 11.9. The van der Waals surface area contributed by atoms with Crippen molar-refractivity contribution in [3.05, 3.63) is 71.8 Å². The molecule has 8 nitrogen and oxygen atoms in total. The molecule has 2 aromatic rings. The van der Waals surface area contributed by atoms with E-state index in [1.54, 1.807) is 41.5 Å². The van der Waals surface area contributed by atoms with Gasteiger partial charge < -0.3 is 23.8 Å². The molecule has 198 valence electrons. The van der Waals surface area contributed by atoms with Crippen LogP contribution in [0.25, 0.3) is 0 Å². The molecule has 1 amide bonds. The van der Waals surface area contributed by atoms with Gasteiger partial charge in [-0.2, -0.15) is 0 Å². The first kappa shape index (κ1) is 29.6. The second kappa shape index (κ2) is 13.0. The molecule has 2 rings (SSSR count). The van der Waals surface area contributed by atoms with Crippen molar-refractivity contribution >= 4 is 19.7 Å². The summed E-state index contributed by atoms with van der Waals surface area (Å²) in [6.45, 7) is 10.5. The molecule has 36 heavy (non-hydrogen) atoms. The van der Waals surface area contributed by atoms with Crippen LogP contribution < -0.4 is 5.32 Å². The molecule has 0 heterocycles. The van der Waals surface area contributed by atoms with E-state index in [0.29, 0.717) is 0 Å². The fourth-order valence-electron chi connectivity index (χ4n) is 3.02. The van der Waals surface area contributed by atoms with Crippen molar-refractivity contribution < 1.29 is 32.7 Å². The largest absolute Gasteiger partial charge is 0.458 e. The number of ether oxygens (including phenoxy) is 2. The number of hydrogen-bond acceptors (Lipinski definition) is 7. The van der Waals surface area contributed by atoms with Gasteiger partial charge in [-0.3, -0.25) is 4.57 Å². The first-order valence-corrected chi connectivity index (χ1v) is 13.7. The van der Waals surface area contributed by atoms with Crippen molar-refractivity contribution in [1.29, 1.82) is 0 Å². The van der Waals surface area contributed by atoms with Crippen LogP contribution in [0.1, 0.15) is 59.1 Å². The zero-order valence-corrected chi connectivity index (χ0v) is 22.9. The Morgan fingerprint density at radius 3 is 1.64 bits per heavy atom. The van der Waals surface area contributed by atoms with Crippen LogP contribution in [0, 0.1) is 0 Å². The monoisotopic (exact) mass is 519 g/mol. The van der Waals surface area contributed by atoms with Gasteiger partial charge in [0.15, 0.2) is 0 Å². The van der Waals surface area contributed by atoms with Gasteiger partial charge in [0.25, 0.3) is 0 Å². The predicted octanol–water partition coefficient (Wildman–Crippen LogP) is 6.24. The van der Waals surface area contributed by atoms with Gasteiger partial charge in [-0.15, -0.1) is 0 Å². The van der Waals surface area contributed by atoms with E-state index in [1.165, 1.54) is 0 Å². The maximum absolute atomic E-state index is 13.7. The van der Waals surface area contributed by atoms with E-state index >= 15 is 0 Å². The topological polar surface area (TPSA) is 100 Å². The van der Waals surface area contributed by atoms with Crippen LogP contribution in [0.3, 0.4) is 0 Å². The maximum atomic E-state index is 13.7. The second-order valence-corrected chi connectivity index (χ2v) is 12.6. The number of alkyl carbamates (subject to hydrolysis) is 1. The molecule has 0 aliphatic rings. The number of amides is 1. The van der Waals surface area contributed by atoms with Gasteiger partial charge in [-0.05, 0) is 59.1 Å². The summed E-state index contributed by atoms with van der Waals surface area (Å²) in [4.78, 5) is 25.3. The summed E-state index contributed by atoms with van der Waals surface area (Å²) in [6, 6.07) is 17.5. The predicted molar refractivity (Wildman–Crippen MR) is 139 cm³/mol. The summed E-state index contributed by atoms with van der Waals surface area (Å²) in [5, 5.41) is 2.55. The van der Waals surface area contributed by atoms with E-state index in [0.717, 1.165) is 11.1 Å². The highest BCUT2D eigenvalue weighted by atomic mass is 31.2. The highest BCUT2D eigenvalue weighted by Crippen LogP contribution is 2.50. The average Bonchev–Trinajstić information content (AvgIpc) is 2.78. The Kier molecular flexibility index (Phi) is 10.7. The van der Waals surface area contributed by atoms with Gasteiger partial charge in [-0.1, -0.05) is 60.7 Å². The summed E-state index contributed by atoms with van der Waals surface area (Å²) in [5.41, 5.74) is 0.130. The Morgan fingerprint density at radius 1 is 0.778 bits per heavy atom. The van der Waals surface area contributed by atoms with E-state index in [-0.39, 0.29) is 25.8 Å². The lowest BCUT2D eigenvalue weighted by atomic mass is 10.1. The molecule has 0 aliphatic heterocycles. The third-order valence-electron chi connectivity index (χ3n) is 4.62. The minimum atomic E-state index is -3.68. The van der Waals surface area contributed by atoms with E-state index in [9.17, 15) is 14.2 Å². The van der Waals surface area contributed by atoms with Crippen molar-refractivity contribution in [3.8, 4) is 0 Å². The summed E-state index contributed by atoms with van der Waals surface area (Å²) in [7, 11) is -3.68. The highest BCUT2D eigenvalue weighted by molar-refractivity contribution is 7.53. The van der Waals surface area contributed by atoms with Crippen LogP contribution in [-0.2, 0) is 41.1 Å². The van der Waals surface area contributed by atoms with Crippen LogP contribution in [0.5, 0.6) is 0 Å². The molecule has 1 N–H and O–H groups in total. The van der Waals surface area contributed by atoms with Crippen molar-refractivity contribution in [2.24, 2.45) is 0 Å². The quantitative estimate of drug-likeness (QED) is 0.277. The first-order chi connectivity index (χ1) is 16.7. The number of nitrogens with one attached hydrogen (secondary N) is 1. The lowest BCUT2D eigenvalue weighted by Gasteiger charge is -2.27. The number of carbonyl (C=O) groups is 2. The molecule has 0 saturated heterocycles. The van der Waals surface area contributed by atoms with E-state index in [2.05, 4.69) is 5.32 Å². The van der Waals surface area contributed by atoms with E-state index in [1.807, 2.05) is 60.7 Å². The molecule has 0 fully saturated rings. The molecule has 0 aliphatic carbocycles. The molecule has 0 spiro atoms. The second-order valence-electron chi connectivity index (χ2n) is 10.4. The fraction of sp³-hybridized carbons (Fsp3) is 0.481. The van der Waals surface area contributed by atoms with E-state index in [4.69, 9.17) is 18.5 Å². The summed E-state index contributed by atoms with van der Waals surface area (Å²) < 4.78 is 36.1. The van der Waals surface area contributed by atoms with Gasteiger partial charge >= 0.3 is 19.7 Å². The third-order valence-corrected chi connectivity index (χ3v) is 6.47. The van der Waals surface area contributed by atoms with Gasteiger partial charge in [0, 0.05) is 0 Å². The number of esters is 1. The molecule has 2 aromatic carbocycles. The summed E-state index contributed by atoms with van der Waals surface area (Å²) >= 11 is 0. The molecular formula is C27H38NO7P. The van der Waals surface area contributed by atoms with Gasteiger partial charge in [0.05, 0.1) is 19.4 Å². The van der Waals surface area contributed by atoms with Crippen molar-refractivity contribution in [2.75, 3.05) is 6.16 Å². The van der Waals surface area contributed by atoms with Gasteiger partial charge in [0.1, 0.15) is 17.2 Å². The van der Waals surface area contributed by atoms with Crippen LogP contribution >= 0.6 is 7.60 Å². The van der Waals surface area contributed by atoms with Crippen molar-refractivity contribution in [1.82, 2.24) is 5.32 Å². The molecule has 0 bridgehead atoms. The normalized spacial score (nSPS) is 13.1. The Bertz CT molecular complexity index is 966. The maximum Gasteiger partial charge on any atom is 0.408 e. The minimum Gasteiger partial charge on any atom is -0.458 e. The minimum absolute atomic E-state index is 0.0327. The number of rotatable bonds is 11. The highest BCUT2D eigenvalue weighted by Gasteiger charge is 2.33. The third kappa shape index (κ3) is 11.8. The van der Waals surface area contributed by atoms with Crippen LogP contribution in [0.15, 0.2) is 60.7 Å². The molecular weight excluding hydrogens is 481 g/mol. The van der Waals surface area contributed by atoms with Gasteiger partial charge in [-0.25, -0.2) is 9.59 Å². The summed E-state index contributed by atoms with van der Waals surface area (Å²) in [6.07, 6.45) is -0.926. The average molecular weight is 520 g/mol.